The van der Waals surface area contributed by atoms with E-state index in [4.69, 9.17) is 14.6 Å². The van der Waals surface area contributed by atoms with Crippen molar-refractivity contribution >= 4 is 0 Å². The monoisotopic (exact) mass is 244 g/mol. The van der Waals surface area contributed by atoms with E-state index in [-0.39, 0.29) is 6.61 Å². The van der Waals surface area contributed by atoms with Gasteiger partial charge in [-0.05, 0) is 24.3 Å². The van der Waals surface area contributed by atoms with Gasteiger partial charge in [0.1, 0.15) is 5.75 Å². The molecule has 1 N–H and O–H groups in total. The van der Waals surface area contributed by atoms with Crippen LogP contribution in [0.4, 0.5) is 0 Å². The zero-order valence-corrected chi connectivity index (χ0v) is 10.1. The maximum atomic E-state index is 8.74. The highest BCUT2D eigenvalue weighted by Gasteiger charge is 2.04. The van der Waals surface area contributed by atoms with Crippen molar-refractivity contribution in [1.29, 1.82) is 0 Å². The quantitative estimate of drug-likeness (QED) is 0.793. The minimum Gasteiger partial charge on any atom is -0.490 e. The van der Waals surface area contributed by atoms with Gasteiger partial charge >= 0.3 is 0 Å². The summed E-state index contributed by atoms with van der Waals surface area (Å²) in [6, 6.07) is 17.1. The van der Waals surface area contributed by atoms with Crippen LogP contribution in [0, 0.1) is 0 Å². The third-order valence-electron chi connectivity index (χ3n) is 2.38. The van der Waals surface area contributed by atoms with Crippen molar-refractivity contribution in [2.75, 3.05) is 13.2 Å². The van der Waals surface area contributed by atoms with Crippen LogP contribution < -0.4 is 9.47 Å². The van der Waals surface area contributed by atoms with Crippen molar-refractivity contribution in [2.45, 2.75) is 6.42 Å². The van der Waals surface area contributed by atoms with Crippen molar-refractivity contribution in [3.63, 3.8) is 0 Å². The Kier molecular flexibility index (Phi) is 4.61. The number of benzene rings is 2. The number of hydrogen-bond acceptors (Lipinski definition) is 3. The summed E-state index contributed by atoms with van der Waals surface area (Å²) < 4.78 is 11.3. The molecule has 2 rings (SSSR count). The number of para-hydroxylation sites is 3. The lowest BCUT2D eigenvalue weighted by molar-refractivity contribution is 0.229. The average Bonchev–Trinajstić information content (AvgIpc) is 2.42. The number of rotatable bonds is 6. The standard InChI is InChI=1S/C15H16O3/c16-11-6-12-17-14-9-4-5-10-15(14)18-13-7-2-1-3-8-13/h1-5,7-10,16H,6,11-12H2. The smallest absolute Gasteiger partial charge is 0.169 e. The Balaban J connectivity index is 2.07. The second-order valence-corrected chi connectivity index (χ2v) is 3.79. The fourth-order valence-electron chi connectivity index (χ4n) is 1.52. The highest BCUT2D eigenvalue weighted by Crippen LogP contribution is 2.30. The van der Waals surface area contributed by atoms with Gasteiger partial charge in [-0.3, -0.25) is 0 Å². The van der Waals surface area contributed by atoms with Gasteiger partial charge < -0.3 is 14.6 Å². The molecule has 0 unspecified atom stereocenters. The average molecular weight is 244 g/mol. The van der Waals surface area contributed by atoms with Crippen LogP contribution in [0.5, 0.6) is 17.2 Å². The van der Waals surface area contributed by atoms with E-state index >= 15 is 0 Å². The molecule has 18 heavy (non-hydrogen) atoms. The summed E-state index contributed by atoms with van der Waals surface area (Å²) >= 11 is 0. The molecule has 3 heteroatoms. The summed E-state index contributed by atoms with van der Waals surface area (Å²) in [5.41, 5.74) is 0. The first-order valence-corrected chi connectivity index (χ1v) is 5.96. The van der Waals surface area contributed by atoms with E-state index in [0.29, 0.717) is 24.5 Å². The Morgan fingerprint density at radius 2 is 1.50 bits per heavy atom. The maximum Gasteiger partial charge on any atom is 0.169 e. The maximum absolute atomic E-state index is 8.74. The van der Waals surface area contributed by atoms with Gasteiger partial charge in [0.05, 0.1) is 6.61 Å². The first-order valence-electron chi connectivity index (χ1n) is 5.96. The minimum absolute atomic E-state index is 0.127. The van der Waals surface area contributed by atoms with Gasteiger partial charge in [0.25, 0.3) is 0 Å². The van der Waals surface area contributed by atoms with E-state index in [1.165, 1.54) is 0 Å². The van der Waals surface area contributed by atoms with Crippen molar-refractivity contribution in [3.05, 3.63) is 54.6 Å². The largest absolute Gasteiger partial charge is 0.490 e. The molecule has 2 aromatic rings. The molecule has 0 saturated carbocycles. The van der Waals surface area contributed by atoms with Crippen molar-refractivity contribution in [1.82, 2.24) is 0 Å². The van der Waals surface area contributed by atoms with Crippen LogP contribution in [-0.4, -0.2) is 18.3 Å². The van der Waals surface area contributed by atoms with E-state index in [0.717, 1.165) is 5.75 Å². The molecule has 0 atom stereocenters. The van der Waals surface area contributed by atoms with Crippen LogP contribution in [0.3, 0.4) is 0 Å². The fourth-order valence-corrected chi connectivity index (χ4v) is 1.52. The highest BCUT2D eigenvalue weighted by atomic mass is 16.5. The summed E-state index contributed by atoms with van der Waals surface area (Å²) in [5.74, 6) is 2.15. The molecule has 0 bridgehead atoms. The van der Waals surface area contributed by atoms with E-state index in [9.17, 15) is 0 Å². The normalized spacial score (nSPS) is 10.1. The fraction of sp³-hybridized carbons (Fsp3) is 0.200. The lowest BCUT2D eigenvalue weighted by atomic mass is 10.3. The summed E-state index contributed by atoms with van der Waals surface area (Å²) in [7, 11) is 0. The number of aliphatic hydroxyl groups excluding tert-OH is 1. The summed E-state index contributed by atoms with van der Waals surface area (Å²) in [6.07, 6.45) is 0.611. The zero-order chi connectivity index (χ0) is 12.6. The lowest BCUT2D eigenvalue weighted by Crippen LogP contribution is -2.00. The molecule has 0 aliphatic carbocycles. The Hall–Kier alpha value is -2.00. The first kappa shape index (κ1) is 12.5. The third-order valence-corrected chi connectivity index (χ3v) is 2.38. The van der Waals surface area contributed by atoms with E-state index in [1.54, 1.807) is 0 Å². The second kappa shape index (κ2) is 6.67. The molecule has 0 spiro atoms. The van der Waals surface area contributed by atoms with Crippen molar-refractivity contribution < 1.29 is 14.6 Å². The summed E-state index contributed by atoms with van der Waals surface area (Å²) in [6.45, 7) is 0.605. The van der Waals surface area contributed by atoms with Crippen LogP contribution in [0.2, 0.25) is 0 Å². The van der Waals surface area contributed by atoms with Gasteiger partial charge in [0.2, 0.25) is 0 Å². The molecule has 0 aliphatic rings. The predicted octanol–water partition coefficient (Wildman–Crippen LogP) is 3.24. The molecule has 0 radical (unpaired) electrons. The Labute approximate surface area is 107 Å². The van der Waals surface area contributed by atoms with E-state index < -0.39 is 0 Å². The molecule has 0 aliphatic heterocycles. The molecular formula is C15H16O3. The molecular weight excluding hydrogens is 228 g/mol. The Morgan fingerprint density at radius 3 is 2.22 bits per heavy atom. The van der Waals surface area contributed by atoms with Crippen LogP contribution in [0.1, 0.15) is 6.42 Å². The van der Waals surface area contributed by atoms with Crippen LogP contribution in [0.15, 0.2) is 54.6 Å². The van der Waals surface area contributed by atoms with Crippen molar-refractivity contribution in [3.8, 4) is 17.2 Å². The molecule has 0 fully saturated rings. The number of ether oxygens (including phenoxy) is 2. The van der Waals surface area contributed by atoms with Gasteiger partial charge in [-0.25, -0.2) is 0 Å². The van der Waals surface area contributed by atoms with Crippen LogP contribution >= 0.6 is 0 Å². The Bertz CT molecular complexity index is 468. The molecule has 0 amide bonds. The molecule has 0 saturated heterocycles. The minimum atomic E-state index is 0.127. The highest BCUT2D eigenvalue weighted by molar-refractivity contribution is 5.42. The third kappa shape index (κ3) is 3.50. The number of hydrogen-bond donors (Lipinski definition) is 1. The molecule has 0 aromatic heterocycles. The van der Waals surface area contributed by atoms with Gasteiger partial charge in [-0.15, -0.1) is 0 Å². The Morgan fingerprint density at radius 1 is 0.833 bits per heavy atom. The molecule has 94 valence electrons. The molecule has 0 heterocycles. The second-order valence-electron chi connectivity index (χ2n) is 3.79. The van der Waals surface area contributed by atoms with Crippen LogP contribution in [-0.2, 0) is 0 Å². The van der Waals surface area contributed by atoms with E-state index in [1.807, 2.05) is 54.6 Å². The van der Waals surface area contributed by atoms with Gasteiger partial charge in [0, 0.05) is 13.0 Å². The van der Waals surface area contributed by atoms with Gasteiger partial charge in [0.15, 0.2) is 11.5 Å². The zero-order valence-electron chi connectivity index (χ0n) is 10.1. The molecule has 3 nitrogen and oxygen atoms in total. The summed E-state index contributed by atoms with van der Waals surface area (Å²) in [4.78, 5) is 0. The van der Waals surface area contributed by atoms with Gasteiger partial charge in [-0.1, -0.05) is 30.3 Å². The van der Waals surface area contributed by atoms with Crippen LogP contribution in [0.25, 0.3) is 0 Å². The van der Waals surface area contributed by atoms with Gasteiger partial charge in [-0.2, -0.15) is 0 Å². The molecule has 2 aromatic carbocycles. The summed E-state index contributed by atoms with van der Waals surface area (Å²) in [5, 5.41) is 8.74. The van der Waals surface area contributed by atoms with E-state index in [2.05, 4.69) is 0 Å². The van der Waals surface area contributed by atoms with Crippen molar-refractivity contribution in [2.24, 2.45) is 0 Å². The number of aliphatic hydroxyl groups is 1. The first-order chi connectivity index (χ1) is 8.90. The topological polar surface area (TPSA) is 38.7 Å². The lowest BCUT2D eigenvalue weighted by Gasteiger charge is -2.11. The predicted molar refractivity (Wildman–Crippen MR) is 70.2 cm³/mol. The SMILES string of the molecule is OCCCOc1ccccc1Oc1ccccc1.